The summed E-state index contributed by atoms with van der Waals surface area (Å²) >= 11 is 0. The maximum atomic E-state index is 3.74. The number of anilines is 10. The maximum absolute atomic E-state index is 3.74. The molecule has 4 heteroatoms. The molecule has 0 heterocycles. The molecule has 10 aromatic rings. The Balaban J connectivity index is 0.964. The fourth-order valence-electron chi connectivity index (χ4n) is 9.11. The average Bonchev–Trinajstić information content (AvgIpc) is 3.36. The van der Waals surface area contributed by atoms with E-state index in [1.54, 1.807) is 0 Å². The van der Waals surface area contributed by atoms with E-state index in [9.17, 15) is 0 Å². The molecule has 0 spiro atoms. The molecule has 0 fully saturated rings. The Morgan fingerprint density at radius 1 is 0.235 bits per heavy atom. The SMILES string of the molecule is Cc1cccc(N(c2ccc(Nc3ccc(-c4ccc(Nc5ccc(N(c6cccc(C)c6)c6cccc(C)c6)cc5)cc4-c4ccccc4)c(-c4ccccc4)c3)cc2)c2cccc(C)c2)c1. The molecule has 0 aromatic heterocycles. The van der Waals surface area contributed by atoms with E-state index in [1.165, 1.54) is 22.3 Å². The largest absolute Gasteiger partial charge is 0.356 e. The van der Waals surface area contributed by atoms with Gasteiger partial charge in [-0.05, 0) is 205 Å². The van der Waals surface area contributed by atoms with E-state index in [1.807, 2.05) is 0 Å². The van der Waals surface area contributed by atoms with Crippen LogP contribution >= 0.6 is 0 Å². The Labute approximate surface area is 401 Å². The number of aryl methyl sites for hydroxylation is 4. The third-order valence-corrected chi connectivity index (χ3v) is 12.4. The second kappa shape index (κ2) is 19.5. The number of rotatable bonds is 13. The van der Waals surface area contributed by atoms with Crippen LogP contribution in [0.4, 0.5) is 56.9 Å². The zero-order chi connectivity index (χ0) is 46.4. The molecule has 0 aliphatic carbocycles. The van der Waals surface area contributed by atoms with Crippen LogP contribution in [0.5, 0.6) is 0 Å². The van der Waals surface area contributed by atoms with E-state index >= 15 is 0 Å². The molecule has 68 heavy (non-hydrogen) atoms. The average molecular weight is 879 g/mol. The molecule has 0 aliphatic heterocycles. The molecule has 4 nitrogen and oxygen atoms in total. The molecular weight excluding hydrogens is 825 g/mol. The summed E-state index contributed by atoms with van der Waals surface area (Å²) in [6, 6.07) is 87.0. The van der Waals surface area contributed by atoms with Gasteiger partial charge in [0.05, 0.1) is 0 Å². The van der Waals surface area contributed by atoms with Crippen molar-refractivity contribution in [1.29, 1.82) is 0 Å². The van der Waals surface area contributed by atoms with Gasteiger partial charge in [0.15, 0.2) is 0 Å². The van der Waals surface area contributed by atoms with Crippen LogP contribution in [0.25, 0.3) is 33.4 Å². The lowest BCUT2D eigenvalue weighted by Gasteiger charge is -2.26. The Bertz CT molecular complexity index is 3010. The second-order valence-corrected chi connectivity index (χ2v) is 17.6. The molecule has 10 rings (SSSR count). The van der Waals surface area contributed by atoms with E-state index in [0.29, 0.717) is 0 Å². The Kier molecular flexibility index (Phi) is 12.4. The van der Waals surface area contributed by atoms with Gasteiger partial charge in [-0.25, -0.2) is 0 Å². The van der Waals surface area contributed by atoms with Crippen LogP contribution in [0.1, 0.15) is 22.3 Å². The van der Waals surface area contributed by atoms with Gasteiger partial charge in [0, 0.05) is 56.9 Å². The first kappa shape index (κ1) is 43.3. The first-order valence-electron chi connectivity index (χ1n) is 23.3. The highest BCUT2D eigenvalue weighted by atomic mass is 15.1. The standard InChI is InChI=1S/C64H54N4/c1-45-15-11-23-57(39-45)67(58-24-12-16-46(2)40-58)55-33-27-51(28-34-55)65-53-31-37-61(63(43-53)49-19-7-5-8-20-49)62-38-32-54(44-64(62)50-21-9-6-10-22-50)66-52-29-35-56(36-30-52)68(59-25-13-17-47(3)41-59)60-26-14-18-48(4)42-60/h5-44,65-66H,1-4H3. The van der Waals surface area contributed by atoms with Gasteiger partial charge in [-0.1, -0.05) is 121 Å². The number of nitrogens with zero attached hydrogens (tertiary/aromatic N) is 2. The van der Waals surface area contributed by atoms with Crippen LogP contribution < -0.4 is 20.4 Å². The summed E-state index contributed by atoms with van der Waals surface area (Å²) in [6.45, 7) is 8.57. The van der Waals surface area contributed by atoms with Crippen LogP contribution in [-0.4, -0.2) is 0 Å². The first-order chi connectivity index (χ1) is 33.3. The zero-order valence-corrected chi connectivity index (χ0v) is 39.0. The molecule has 0 amide bonds. The number of benzene rings is 10. The zero-order valence-electron chi connectivity index (χ0n) is 39.0. The van der Waals surface area contributed by atoms with Gasteiger partial charge in [-0.3, -0.25) is 0 Å². The lowest BCUT2D eigenvalue weighted by molar-refractivity contribution is 1.26. The van der Waals surface area contributed by atoms with Crippen molar-refractivity contribution in [2.75, 3.05) is 20.4 Å². The van der Waals surface area contributed by atoms with Crippen molar-refractivity contribution >= 4 is 56.9 Å². The van der Waals surface area contributed by atoms with Crippen LogP contribution in [0, 0.1) is 27.7 Å². The molecule has 0 radical (unpaired) electrons. The van der Waals surface area contributed by atoms with E-state index in [0.717, 1.165) is 90.3 Å². The van der Waals surface area contributed by atoms with Gasteiger partial charge in [0.2, 0.25) is 0 Å². The molecule has 0 atom stereocenters. The normalized spacial score (nSPS) is 10.9. The topological polar surface area (TPSA) is 30.5 Å². The Morgan fingerprint density at radius 3 is 0.853 bits per heavy atom. The Morgan fingerprint density at radius 2 is 0.544 bits per heavy atom. The van der Waals surface area contributed by atoms with Gasteiger partial charge < -0.3 is 20.4 Å². The summed E-state index contributed by atoms with van der Waals surface area (Å²) in [6.07, 6.45) is 0. The van der Waals surface area contributed by atoms with E-state index in [-0.39, 0.29) is 0 Å². The fraction of sp³-hybridized carbons (Fsp3) is 0.0625. The van der Waals surface area contributed by atoms with Gasteiger partial charge in [0.1, 0.15) is 0 Å². The van der Waals surface area contributed by atoms with Crippen molar-refractivity contribution in [1.82, 2.24) is 0 Å². The summed E-state index contributed by atoms with van der Waals surface area (Å²) in [5, 5.41) is 7.48. The molecule has 0 bridgehead atoms. The van der Waals surface area contributed by atoms with Crippen LogP contribution in [0.2, 0.25) is 0 Å². The van der Waals surface area contributed by atoms with Gasteiger partial charge in [-0.2, -0.15) is 0 Å². The number of nitrogens with one attached hydrogen (secondary N) is 2. The molecule has 0 unspecified atom stereocenters. The van der Waals surface area contributed by atoms with Crippen molar-refractivity contribution in [3.05, 3.63) is 265 Å². The number of hydrogen-bond donors (Lipinski definition) is 2. The maximum Gasteiger partial charge on any atom is 0.0464 e. The summed E-state index contributed by atoms with van der Waals surface area (Å²) in [5.41, 5.74) is 22.6. The summed E-state index contributed by atoms with van der Waals surface area (Å²) < 4.78 is 0. The highest BCUT2D eigenvalue weighted by Crippen LogP contribution is 2.43. The lowest BCUT2D eigenvalue weighted by atomic mass is 9.88. The van der Waals surface area contributed by atoms with Crippen molar-refractivity contribution in [2.24, 2.45) is 0 Å². The van der Waals surface area contributed by atoms with E-state index in [4.69, 9.17) is 0 Å². The lowest BCUT2D eigenvalue weighted by Crippen LogP contribution is -2.10. The molecule has 330 valence electrons. The third-order valence-electron chi connectivity index (χ3n) is 12.4. The fourth-order valence-corrected chi connectivity index (χ4v) is 9.11. The van der Waals surface area contributed by atoms with Crippen LogP contribution in [-0.2, 0) is 0 Å². The molecule has 10 aromatic carbocycles. The van der Waals surface area contributed by atoms with Gasteiger partial charge in [-0.15, -0.1) is 0 Å². The molecular formula is C64H54N4. The summed E-state index contributed by atoms with van der Waals surface area (Å²) in [4.78, 5) is 4.64. The second-order valence-electron chi connectivity index (χ2n) is 17.6. The smallest absolute Gasteiger partial charge is 0.0464 e. The van der Waals surface area contributed by atoms with E-state index < -0.39 is 0 Å². The van der Waals surface area contributed by atoms with Crippen LogP contribution in [0.15, 0.2) is 243 Å². The highest BCUT2D eigenvalue weighted by molar-refractivity contribution is 5.95. The van der Waals surface area contributed by atoms with Crippen molar-refractivity contribution in [3.8, 4) is 33.4 Å². The van der Waals surface area contributed by atoms with E-state index in [2.05, 4.69) is 291 Å². The molecule has 0 saturated heterocycles. The minimum absolute atomic E-state index is 1.01. The van der Waals surface area contributed by atoms with Crippen molar-refractivity contribution in [2.45, 2.75) is 27.7 Å². The first-order valence-corrected chi connectivity index (χ1v) is 23.3. The Hall–Kier alpha value is -8.60. The van der Waals surface area contributed by atoms with Crippen molar-refractivity contribution < 1.29 is 0 Å². The quantitative estimate of drug-likeness (QED) is 0.121. The highest BCUT2D eigenvalue weighted by Gasteiger charge is 2.18. The third kappa shape index (κ3) is 9.67. The molecule has 2 N–H and O–H groups in total. The van der Waals surface area contributed by atoms with Gasteiger partial charge in [0.25, 0.3) is 0 Å². The predicted molar refractivity (Wildman–Crippen MR) is 291 cm³/mol. The van der Waals surface area contributed by atoms with Crippen LogP contribution in [0.3, 0.4) is 0 Å². The molecule has 0 saturated carbocycles. The molecule has 0 aliphatic rings. The van der Waals surface area contributed by atoms with Gasteiger partial charge >= 0.3 is 0 Å². The van der Waals surface area contributed by atoms with Crippen molar-refractivity contribution in [3.63, 3.8) is 0 Å². The number of hydrogen-bond acceptors (Lipinski definition) is 4. The summed E-state index contributed by atoms with van der Waals surface area (Å²) in [5.74, 6) is 0. The monoisotopic (exact) mass is 878 g/mol. The minimum Gasteiger partial charge on any atom is -0.356 e. The minimum atomic E-state index is 1.01. The predicted octanol–water partition coefficient (Wildman–Crippen LogP) is 18.3. The summed E-state index contributed by atoms with van der Waals surface area (Å²) in [7, 11) is 0.